The molecule has 0 fully saturated rings. The van der Waals surface area contributed by atoms with Crippen molar-refractivity contribution >= 4 is 6.29 Å². The van der Waals surface area contributed by atoms with Crippen molar-refractivity contribution < 1.29 is 9.72 Å². The highest BCUT2D eigenvalue weighted by molar-refractivity contribution is 5.56. The van der Waals surface area contributed by atoms with Crippen LogP contribution in [0.2, 0.25) is 0 Å². The van der Waals surface area contributed by atoms with Gasteiger partial charge in [-0.05, 0) is 11.5 Å². The molecule has 0 unspecified atom stereocenters. The fraction of sp³-hybridized carbons (Fsp3) is 0.462. The zero-order chi connectivity index (χ0) is 12.8. The molecule has 2 atom stereocenters. The number of hydrogen-bond donors (Lipinski definition) is 0. The van der Waals surface area contributed by atoms with Gasteiger partial charge >= 0.3 is 0 Å². The summed E-state index contributed by atoms with van der Waals surface area (Å²) in [6.07, 6.45) is 0.839. The molecule has 0 N–H and O–H groups in total. The smallest absolute Gasteiger partial charge is 0.211 e. The SMILES string of the molecule is CC(C)[C@@H](C=O)[C@@H](C[N+](=O)[O-])c1ccccc1. The van der Waals surface area contributed by atoms with E-state index in [0.29, 0.717) is 0 Å². The van der Waals surface area contributed by atoms with Crippen LogP contribution in [0.15, 0.2) is 30.3 Å². The van der Waals surface area contributed by atoms with E-state index in [1.165, 1.54) is 0 Å². The second-order valence-electron chi connectivity index (χ2n) is 4.49. The summed E-state index contributed by atoms with van der Waals surface area (Å²) < 4.78 is 0. The Bertz CT molecular complexity index is 376. The van der Waals surface area contributed by atoms with Crippen LogP contribution in [-0.2, 0) is 4.79 Å². The molecule has 0 saturated heterocycles. The number of hydrogen-bond acceptors (Lipinski definition) is 3. The van der Waals surface area contributed by atoms with Crippen LogP contribution < -0.4 is 0 Å². The molecule has 0 amide bonds. The van der Waals surface area contributed by atoms with Crippen molar-refractivity contribution in [3.05, 3.63) is 46.0 Å². The molecular formula is C13H17NO3. The largest absolute Gasteiger partial charge is 0.303 e. The number of benzene rings is 1. The maximum Gasteiger partial charge on any atom is 0.211 e. The van der Waals surface area contributed by atoms with E-state index in [-0.39, 0.29) is 29.2 Å². The predicted molar refractivity (Wildman–Crippen MR) is 65.4 cm³/mol. The number of nitro groups is 1. The first-order valence-corrected chi connectivity index (χ1v) is 5.68. The average Bonchev–Trinajstić information content (AvgIpc) is 2.29. The Morgan fingerprint density at radius 3 is 2.29 bits per heavy atom. The van der Waals surface area contributed by atoms with Gasteiger partial charge in [0.1, 0.15) is 6.29 Å². The van der Waals surface area contributed by atoms with Gasteiger partial charge in [-0.25, -0.2) is 0 Å². The summed E-state index contributed by atoms with van der Waals surface area (Å²) in [5.74, 6) is -0.566. The van der Waals surface area contributed by atoms with E-state index in [2.05, 4.69) is 0 Å². The highest BCUT2D eigenvalue weighted by atomic mass is 16.6. The monoisotopic (exact) mass is 235 g/mol. The van der Waals surface area contributed by atoms with Crippen LogP contribution in [0.1, 0.15) is 25.3 Å². The van der Waals surface area contributed by atoms with Gasteiger partial charge in [0.2, 0.25) is 6.54 Å². The Labute approximate surface area is 101 Å². The van der Waals surface area contributed by atoms with E-state index < -0.39 is 0 Å². The van der Waals surface area contributed by atoms with Gasteiger partial charge in [-0.2, -0.15) is 0 Å². The Hall–Kier alpha value is -1.71. The van der Waals surface area contributed by atoms with Gasteiger partial charge in [-0.3, -0.25) is 10.1 Å². The minimum atomic E-state index is -0.351. The molecule has 0 aliphatic heterocycles. The number of carbonyl (C=O) groups is 1. The third-order valence-corrected chi connectivity index (χ3v) is 2.97. The summed E-state index contributed by atoms with van der Waals surface area (Å²) in [5, 5.41) is 10.7. The molecule has 0 aliphatic carbocycles. The molecular weight excluding hydrogens is 218 g/mol. The van der Waals surface area contributed by atoms with E-state index >= 15 is 0 Å². The molecule has 0 spiro atoms. The van der Waals surface area contributed by atoms with Crippen LogP contribution in [0.25, 0.3) is 0 Å². The van der Waals surface area contributed by atoms with Crippen molar-refractivity contribution in [1.82, 2.24) is 0 Å². The highest BCUT2D eigenvalue weighted by Gasteiger charge is 2.29. The van der Waals surface area contributed by atoms with Gasteiger partial charge in [0, 0.05) is 10.8 Å². The van der Waals surface area contributed by atoms with Crippen molar-refractivity contribution in [2.45, 2.75) is 19.8 Å². The lowest BCUT2D eigenvalue weighted by atomic mass is 9.80. The first-order valence-electron chi connectivity index (χ1n) is 5.68. The molecule has 1 rings (SSSR count). The molecule has 1 aromatic rings. The molecule has 0 aromatic heterocycles. The van der Waals surface area contributed by atoms with Crippen molar-refractivity contribution in [1.29, 1.82) is 0 Å². The summed E-state index contributed by atoms with van der Waals surface area (Å²) in [4.78, 5) is 21.5. The van der Waals surface area contributed by atoms with Gasteiger partial charge < -0.3 is 4.79 Å². The lowest BCUT2D eigenvalue weighted by molar-refractivity contribution is -0.484. The van der Waals surface area contributed by atoms with Crippen LogP contribution in [0.5, 0.6) is 0 Å². The lowest BCUT2D eigenvalue weighted by Gasteiger charge is -2.22. The van der Waals surface area contributed by atoms with E-state index in [1.807, 2.05) is 44.2 Å². The zero-order valence-corrected chi connectivity index (χ0v) is 10.1. The summed E-state index contributed by atoms with van der Waals surface area (Å²) in [6, 6.07) is 9.22. The van der Waals surface area contributed by atoms with Gasteiger partial charge in [-0.15, -0.1) is 0 Å². The van der Waals surface area contributed by atoms with Gasteiger partial charge in [0.05, 0.1) is 5.92 Å². The molecule has 92 valence electrons. The molecule has 0 saturated carbocycles. The first-order chi connectivity index (χ1) is 8.06. The number of carbonyl (C=O) groups excluding carboxylic acids is 1. The third-order valence-electron chi connectivity index (χ3n) is 2.97. The Kier molecular flexibility index (Phi) is 4.82. The van der Waals surface area contributed by atoms with E-state index in [1.54, 1.807) is 0 Å². The minimum absolute atomic E-state index is 0.0951. The fourth-order valence-electron chi connectivity index (χ4n) is 2.03. The fourth-order valence-corrected chi connectivity index (χ4v) is 2.03. The molecule has 4 heteroatoms. The molecule has 0 heterocycles. The van der Waals surface area contributed by atoms with Crippen LogP contribution >= 0.6 is 0 Å². The van der Waals surface area contributed by atoms with Crippen LogP contribution in [0, 0.1) is 22.0 Å². The van der Waals surface area contributed by atoms with Gasteiger partial charge in [0.25, 0.3) is 0 Å². The number of aldehydes is 1. The highest BCUT2D eigenvalue weighted by Crippen LogP contribution is 2.29. The van der Waals surface area contributed by atoms with E-state index in [0.717, 1.165) is 11.8 Å². The van der Waals surface area contributed by atoms with E-state index in [4.69, 9.17) is 0 Å². The quantitative estimate of drug-likeness (QED) is 0.432. The average molecular weight is 235 g/mol. The number of rotatable bonds is 6. The Morgan fingerprint density at radius 1 is 1.29 bits per heavy atom. The zero-order valence-electron chi connectivity index (χ0n) is 10.1. The topological polar surface area (TPSA) is 60.2 Å². The van der Waals surface area contributed by atoms with Gasteiger partial charge in [-0.1, -0.05) is 44.2 Å². The predicted octanol–water partition coefficient (Wildman–Crippen LogP) is 2.52. The normalized spacial score (nSPS) is 14.3. The standard InChI is InChI=1S/C13H17NO3/c1-10(2)13(9-15)12(8-14(16)17)11-6-4-3-5-7-11/h3-7,9-10,12-13H,8H2,1-2H3/t12-,13+/m0/s1. The molecule has 0 radical (unpaired) electrons. The van der Waals surface area contributed by atoms with Crippen LogP contribution in [0.4, 0.5) is 0 Å². The summed E-state index contributed by atoms with van der Waals surface area (Å²) in [6.45, 7) is 3.62. The first kappa shape index (κ1) is 13.4. The maximum atomic E-state index is 11.1. The van der Waals surface area contributed by atoms with Gasteiger partial charge in [0.15, 0.2) is 0 Å². The maximum absolute atomic E-state index is 11.1. The van der Waals surface area contributed by atoms with Crippen LogP contribution in [-0.4, -0.2) is 17.8 Å². The number of nitrogens with zero attached hydrogens (tertiary/aromatic N) is 1. The Balaban J connectivity index is 3.02. The summed E-state index contributed by atoms with van der Waals surface area (Å²) in [7, 11) is 0. The molecule has 0 aliphatic rings. The second-order valence-corrected chi connectivity index (χ2v) is 4.49. The minimum Gasteiger partial charge on any atom is -0.303 e. The van der Waals surface area contributed by atoms with Crippen molar-refractivity contribution in [2.24, 2.45) is 11.8 Å². The third kappa shape index (κ3) is 3.66. The molecule has 1 aromatic carbocycles. The Morgan fingerprint density at radius 2 is 1.88 bits per heavy atom. The molecule has 17 heavy (non-hydrogen) atoms. The second kappa shape index (κ2) is 6.13. The van der Waals surface area contributed by atoms with Crippen molar-refractivity contribution in [3.8, 4) is 0 Å². The van der Waals surface area contributed by atoms with E-state index in [9.17, 15) is 14.9 Å². The summed E-state index contributed by atoms with van der Waals surface area (Å²) in [5.41, 5.74) is 0.856. The van der Waals surface area contributed by atoms with Crippen molar-refractivity contribution in [3.63, 3.8) is 0 Å². The lowest BCUT2D eigenvalue weighted by Crippen LogP contribution is -2.26. The molecule has 0 bridgehead atoms. The van der Waals surface area contributed by atoms with Crippen LogP contribution in [0.3, 0.4) is 0 Å². The summed E-state index contributed by atoms with van der Waals surface area (Å²) >= 11 is 0. The molecule has 4 nitrogen and oxygen atoms in total. The van der Waals surface area contributed by atoms with Crippen molar-refractivity contribution in [2.75, 3.05) is 6.54 Å².